The minimum atomic E-state index is -3.87. The fourth-order valence-electron chi connectivity index (χ4n) is 6.49. The van der Waals surface area contributed by atoms with Gasteiger partial charge in [0.2, 0.25) is 10.0 Å². The van der Waals surface area contributed by atoms with Gasteiger partial charge in [-0.3, -0.25) is 14.4 Å². The van der Waals surface area contributed by atoms with Gasteiger partial charge in [-0.05, 0) is 59.9 Å². The second-order valence-electron chi connectivity index (χ2n) is 11.4. The Balaban J connectivity index is 1.40. The van der Waals surface area contributed by atoms with Crippen molar-refractivity contribution < 1.29 is 22.8 Å². The molecule has 1 unspecified atom stereocenters. The van der Waals surface area contributed by atoms with E-state index in [1.807, 2.05) is 48.5 Å². The van der Waals surface area contributed by atoms with Crippen molar-refractivity contribution in [2.24, 2.45) is 0 Å². The number of nitrogens with one attached hydrogen (secondary N) is 2. The van der Waals surface area contributed by atoms with E-state index >= 15 is 0 Å². The summed E-state index contributed by atoms with van der Waals surface area (Å²) in [5.74, 6) is -1.51. The third-order valence-electron chi connectivity index (χ3n) is 8.57. The average Bonchev–Trinajstić information content (AvgIpc) is 3.06. The van der Waals surface area contributed by atoms with Crippen LogP contribution >= 0.6 is 11.6 Å². The molecule has 2 amide bonds. The Morgan fingerprint density at radius 3 is 2.22 bits per heavy atom. The molecule has 1 fully saturated rings. The Labute approximate surface area is 268 Å². The second kappa shape index (κ2) is 13.5. The predicted octanol–water partition coefficient (Wildman–Crippen LogP) is 6.16. The van der Waals surface area contributed by atoms with Crippen LogP contribution in [0.25, 0.3) is 0 Å². The van der Waals surface area contributed by atoms with E-state index in [2.05, 4.69) is 10.2 Å². The van der Waals surface area contributed by atoms with Gasteiger partial charge in [0, 0.05) is 22.7 Å². The third-order valence-corrected chi connectivity index (χ3v) is 10.3. The van der Waals surface area contributed by atoms with E-state index < -0.39 is 40.0 Å². The van der Waals surface area contributed by atoms with E-state index in [1.165, 1.54) is 0 Å². The van der Waals surface area contributed by atoms with Gasteiger partial charge in [-0.2, -0.15) is 0 Å². The number of benzene rings is 4. The summed E-state index contributed by atoms with van der Waals surface area (Å²) in [5.41, 5.74) is 5.23. The molecular weight excluding hydrogens is 610 g/mol. The molecule has 4 atom stereocenters. The first-order chi connectivity index (χ1) is 21.8. The lowest BCUT2D eigenvalue weighted by molar-refractivity contribution is -0.138. The number of hydrogen-bond donors (Lipinski definition) is 2. The van der Waals surface area contributed by atoms with Gasteiger partial charge in [-0.15, -0.1) is 0 Å². The first-order valence-electron chi connectivity index (χ1n) is 15.0. The number of hydrogen-bond acceptors (Lipinski definition) is 5. The standard InChI is InChI=1S/C35H34ClN3O5S/c36-26-21-19-25(20-22-26)33-32(34(40)37-44-23-24-11-3-1-4-12-24)28-15-7-8-16-29(28)35(41)39(33)31-18-10-9-17-30(31)38-45(42,43)27-13-5-2-6-14-27/h1-8,11-16,19-22,30-33,38H,9-10,17-18,23H2,(H,37,40)/t30-,31?,32+,33-/m0/s1. The number of rotatable bonds is 9. The largest absolute Gasteiger partial charge is 0.326 e. The third kappa shape index (κ3) is 6.67. The molecule has 0 aromatic heterocycles. The van der Waals surface area contributed by atoms with Crippen LogP contribution in [0.1, 0.15) is 64.7 Å². The van der Waals surface area contributed by atoms with E-state index in [0.29, 0.717) is 34.6 Å². The fourth-order valence-corrected chi connectivity index (χ4v) is 7.94. The SMILES string of the molecule is O=C(NOCc1ccccc1)[C@@H]1c2ccccc2C(=O)N(C2CCCC[C@@H]2NS(=O)(=O)c2ccccc2)[C@H]1c1ccc(Cl)cc1. The summed E-state index contributed by atoms with van der Waals surface area (Å²) in [6, 6.07) is 30.1. The lowest BCUT2D eigenvalue weighted by atomic mass is 9.76. The van der Waals surface area contributed by atoms with Crippen molar-refractivity contribution >= 4 is 33.4 Å². The molecule has 10 heteroatoms. The van der Waals surface area contributed by atoms with Crippen LogP contribution in [0.3, 0.4) is 0 Å². The summed E-state index contributed by atoms with van der Waals surface area (Å²) in [6.07, 6.45) is 2.73. The molecule has 8 nitrogen and oxygen atoms in total. The van der Waals surface area contributed by atoms with E-state index in [4.69, 9.17) is 16.4 Å². The molecule has 1 saturated carbocycles. The number of carbonyl (C=O) groups excluding carboxylic acids is 2. The maximum atomic E-state index is 14.5. The number of halogens is 1. The molecule has 232 valence electrons. The highest BCUT2D eigenvalue weighted by Crippen LogP contribution is 2.46. The number of carbonyl (C=O) groups is 2. The Bertz CT molecular complexity index is 1750. The van der Waals surface area contributed by atoms with Gasteiger partial charge in [0.15, 0.2) is 0 Å². The summed E-state index contributed by atoms with van der Waals surface area (Å²) in [6.45, 7) is 0.168. The van der Waals surface area contributed by atoms with Crippen molar-refractivity contribution in [2.75, 3.05) is 0 Å². The zero-order valence-electron chi connectivity index (χ0n) is 24.5. The maximum Gasteiger partial charge on any atom is 0.255 e. The lowest BCUT2D eigenvalue weighted by Gasteiger charge is -2.49. The number of fused-ring (bicyclic) bond motifs is 1. The van der Waals surface area contributed by atoms with Crippen LogP contribution in [-0.4, -0.2) is 37.2 Å². The average molecular weight is 644 g/mol. The quantitative estimate of drug-likeness (QED) is 0.213. The first kappa shape index (κ1) is 31.0. The molecule has 1 aliphatic carbocycles. The number of nitrogens with zero attached hydrogens (tertiary/aromatic N) is 1. The van der Waals surface area contributed by atoms with Crippen LogP contribution in [0.15, 0.2) is 114 Å². The van der Waals surface area contributed by atoms with Crippen LogP contribution in [-0.2, 0) is 26.3 Å². The van der Waals surface area contributed by atoms with Crippen LogP contribution in [0.5, 0.6) is 0 Å². The number of amides is 2. The van der Waals surface area contributed by atoms with Gasteiger partial charge in [-0.25, -0.2) is 18.6 Å². The summed E-state index contributed by atoms with van der Waals surface area (Å²) >= 11 is 6.27. The zero-order valence-corrected chi connectivity index (χ0v) is 26.1. The number of hydroxylamine groups is 1. The molecule has 0 spiro atoms. The molecule has 6 rings (SSSR count). The van der Waals surface area contributed by atoms with Crippen molar-refractivity contribution in [3.8, 4) is 0 Å². The molecule has 4 aromatic rings. The number of sulfonamides is 1. The molecular formula is C35H34ClN3O5S. The minimum Gasteiger partial charge on any atom is -0.326 e. The summed E-state index contributed by atoms with van der Waals surface area (Å²) < 4.78 is 29.9. The van der Waals surface area contributed by atoms with E-state index in [-0.39, 0.29) is 17.4 Å². The van der Waals surface area contributed by atoms with Crippen LogP contribution < -0.4 is 10.2 Å². The van der Waals surface area contributed by atoms with Gasteiger partial charge in [-0.1, -0.05) is 103 Å². The normalized spacial score (nSPS) is 21.6. The molecule has 0 bridgehead atoms. The highest BCUT2D eigenvalue weighted by Gasteiger charge is 2.49. The molecule has 1 aliphatic heterocycles. The highest BCUT2D eigenvalue weighted by molar-refractivity contribution is 7.89. The molecule has 0 radical (unpaired) electrons. The Kier molecular flexibility index (Phi) is 9.32. The van der Waals surface area contributed by atoms with Crippen molar-refractivity contribution in [3.05, 3.63) is 136 Å². The van der Waals surface area contributed by atoms with Gasteiger partial charge >= 0.3 is 0 Å². The Morgan fingerprint density at radius 2 is 1.49 bits per heavy atom. The van der Waals surface area contributed by atoms with E-state index in [0.717, 1.165) is 18.4 Å². The molecule has 2 N–H and O–H groups in total. The van der Waals surface area contributed by atoms with Crippen LogP contribution in [0.4, 0.5) is 0 Å². The molecule has 45 heavy (non-hydrogen) atoms. The molecule has 1 heterocycles. The van der Waals surface area contributed by atoms with Crippen molar-refractivity contribution in [1.82, 2.24) is 15.1 Å². The minimum absolute atomic E-state index is 0.159. The molecule has 4 aromatic carbocycles. The Morgan fingerprint density at radius 1 is 0.844 bits per heavy atom. The van der Waals surface area contributed by atoms with Crippen molar-refractivity contribution in [3.63, 3.8) is 0 Å². The molecule has 2 aliphatic rings. The van der Waals surface area contributed by atoms with E-state index in [9.17, 15) is 18.0 Å². The zero-order chi connectivity index (χ0) is 31.4. The van der Waals surface area contributed by atoms with Crippen molar-refractivity contribution in [1.29, 1.82) is 0 Å². The van der Waals surface area contributed by atoms with Crippen LogP contribution in [0.2, 0.25) is 5.02 Å². The summed E-state index contributed by atoms with van der Waals surface area (Å²) in [4.78, 5) is 36.2. The van der Waals surface area contributed by atoms with Gasteiger partial charge in [0.25, 0.3) is 11.8 Å². The highest BCUT2D eigenvalue weighted by atomic mass is 35.5. The smallest absolute Gasteiger partial charge is 0.255 e. The Hall–Kier alpha value is -4.02. The summed E-state index contributed by atoms with van der Waals surface area (Å²) in [5, 5.41) is 0.520. The lowest BCUT2D eigenvalue weighted by Crippen LogP contribution is -2.59. The fraction of sp³-hybridized carbons (Fsp3) is 0.257. The first-order valence-corrected chi connectivity index (χ1v) is 16.9. The maximum absolute atomic E-state index is 14.5. The van der Waals surface area contributed by atoms with Gasteiger partial charge < -0.3 is 4.90 Å². The second-order valence-corrected chi connectivity index (χ2v) is 13.6. The monoisotopic (exact) mass is 643 g/mol. The summed E-state index contributed by atoms with van der Waals surface area (Å²) in [7, 11) is -3.87. The molecule has 0 saturated heterocycles. The predicted molar refractivity (Wildman–Crippen MR) is 172 cm³/mol. The van der Waals surface area contributed by atoms with E-state index in [1.54, 1.807) is 65.6 Å². The van der Waals surface area contributed by atoms with Gasteiger partial charge in [0.05, 0.1) is 23.5 Å². The topological polar surface area (TPSA) is 105 Å². The van der Waals surface area contributed by atoms with Gasteiger partial charge in [0.1, 0.15) is 0 Å². The van der Waals surface area contributed by atoms with Crippen LogP contribution in [0, 0.1) is 0 Å². The van der Waals surface area contributed by atoms with Crippen molar-refractivity contribution in [2.45, 2.75) is 61.2 Å².